The highest BCUT2D eigenvalue weighted by atomic mass is 16.6. The largest absolute Gasteiger partial charge is 0.462 e. The summed E-state index contributed by atoms with van der Waals surface area (Å²) in [5, 5.41) is 15.1. The van der Waals surface area contributed by atoms with E-state index in [0.29, 0.717) is 23.2 Å². The topological polar surface area (TPSA) is 126 Å². The number of aromatic nitrogens is 2. The number of esters is 2. The second kappa shape index (κ2) is 14.6. The van der Waals surface area contributed by atoms with E-state index < -0.39 is 28.6 Å². The van der Waals surface area contributed by atoms with Crippen LogP contribution in [0.25, 0.3) is 0 Å². The van der Waals surface area contributed by atoms with Crippen molar-refractivity contribution < 1.29 is 24.0 Å². The second-order valence-corrected chi connectivity index (χ2v) is 12.0. The lowest BCUT2D eigenvalue weighted by molar-refractivity contribution is -0.390. The van der Waals surface area contributed by atoms with Gasteiger partial charge in [-0.2, -0.15) is 0 Å². The van der Waals surface area contributed by atoms with Crippen LogP contribution in [0.15, 0.2) is 28.9 Å². The number of aryl methyl sites for hydroxylation is 1. The Kier molecular flexibility index (Phi) is 11.0. The number of ether oxygens (including phenoxy) is 2. The zero-order valence-electron chi connectivity index (χ0n) is 24.9. The van der Waals surface area contributed by atoms with Crippen LogP contribution in [0.3, 0.4) is 0 Å². The van der Waals surface area contributed by atoms with Gasteiger partial charge in [-0.1, -0.05) is 64.2 Å². The fraction of sp³-hybridized carbons (Fsp3) is 0.710. The minimum absolute atomic E-state index is 0.151. The lowest BCUT2D eigenvalue weighted by Crippen LogP contribution is -2.33. The van der Waals surface area contributed by atoms with Crippen LogP contribution in [-0.4, -0.2) is 39.6 Å². The van der Waals surface area contributed by atoms with Gasteiger partial charge < -0.3 is 29.5 Å². The Hall–Kier alpha value is -3.17. The molecule has 3 aliphatic rings. The molecule has 0 spiro atoms. The van der Waals surface area contributed by atoms with Crippen LogP contribution in [0.1, 0.15) is 115 Å². The number of hydrogen-bond acceptors (Lipinski definition) is 8. The number of nitrogens with zero attached hydrogens (tertiary/aromatic N) is 3. The highest BCUT2D eigenvalue weighted by molar-refractivity contribution is 6.00. The van der Waals surface area contributed by atoms with Crippen LogP contribution in [0.5, 0.6) is 0 Å². The average molecular weight is 571 g/mol. The first-order valence-electron chi connectivity index (χ1n) is 15.5. The molecule has 0 bridgehead atoms. The molecular weight excluding hydrogens is 524 g/mol. The molecule has 0 amide bonds. The molecule has 1 aromatic rings. The molecule has 1 aliphatic heterocycles. The van der Waals surface area contributed by atoms with Gasteiger partial charge >= 0.3 is 17.8 Å². The summed E-state index contributed by atoms with van der Waals surface area (Å²) >= 11 is 0. The monoisotopic (exact) mass is 570 g/mol. The van der Waals surface area contributed by atoms with E-state index in [1.807, 2.05) is 0 Å². The van der Waals surface area contributed by atoms with E-state index in [1.54, 1.807) is 20.9 Å². The molecule has 2 heterocycles. The third kappa shape index (κ3) is 7.77. The molecular formula is C31H46N4O6. The van der Waals surface area contributed by atoms with Crippen molar-refractivity contribution in [3.05, 3.63) is 44.7 Å². The zero-order valence-corrected chi connectivity index (χ0v) is 24.9. The van der Waals surface area contributed by atoms with E-state index in [-0.39, 0.29) is 30.1 Å². The van der Waals surface area contributed by atoms with E-state index in [2.05, 4.69) is 10.3 Å². The van der Waals surface area contributed by atoms with Crippen molar-refractivity contribution in [1.82, 2.24) is 14.9 Å². The van der Waals surface area contributed by atoms with Crippen LogP contribution in [0, 0.1) is 22.0 Å². The smallest absolute Gasteiger partial charge is 0.385 e. The van der Waals surface area contributed by atoms with Crippen LogP contribution in [0.4, 0.5) is 5.82 Å². The highest BCUT2D eigenvalue weighted by Crippen LogP contribution is 2.42. The molecule has 4 rings (SSSR count). The number of rotatable bonds is 12. The minimum atomic E-state index is -1.04. The summed E-state index contributed by atoms with van der Waals surface area (Å²) in [5.74, 6) is -1.26. The molecule has 2 aliphatic carbocycles. The summed E-state index contributed by atoms with van der Waals surface area (Å²) in [5.41, 5.74) is 1.49. The molecule has 2 fully saturated rings. The molecule has 0 unspecified atom stereocenters. The molecule has 0 atom stereocenters. The second-order valence-electron chi connectivity index (χ2n) is 12.0. The van der Waals surface area contributed by atoms with Crippen molar-refractivity contribution in [2.75, 3.05) is 13.2 Å². The van der Waals surface area contributed by atoms with Crippen molar-refractivity contribution in [1.29, 1.82) is 0 Å². The van der Waals surface area contributed by atoms with Gasteiger partial charge in [-0.25, -0.2) is 9.59 Å². The Morgan fingerprint density at radius 3 is 1.80 bits per heavy atom. The van der Waals surface area contributed by atoms with Crippen LogP contribution in [-0.2, 0) is 26.1 Å². The van der Waals surface area contributed by atoms with Crippen LogP contribution >= 0.6 is 0 Å². The molecule has 10 heteroatoms. The number of nitro groups is 1. The third-order valence-electron chi connectivity index (χ3n) is 9.04. The quantitative estimate of drug-likeness (QED) is 0.133. The number of carbonyl (C=O) groups excluding carboxylic acids is 2. The molecule has 0 radical (unpaired) electrons. The SMILES string of the molecule is CC1=C(C(=O)OCCCC2CCCCC2)C(c2c([N+](=O)[O-])ncn2C)C(C(=O)OCCCC2CCCCC2)=C(C)N1. The van der Waals surface area contributed by atoms with Crippen molar-refractivity contribution in [3.63, 3.8) is 0 Å². The standard InChI is InChI=1S/C31H46N4O6/c1-21-25(30(36)40-18-10-16-23-12-6-4-7-13-23)27(28-29(35(38)39)32-20-34(28)3)26(22(2)33-21)31(37)41-19-11-17-24-14-8-5-9-15-24/h20,23-24,27,33H,4-19H2,1-3H3. The number of carbonyl (C=O) groups is 2. The molecule has 10 nitrogen and oxygen atoms in total. The summed E-state index contributed by atoms with van der Waals surface area (Å²) in [4.78, 5) is 42.5. The number of nitrogens with one attached hydrogen (secondary N) is 1. The zero-order chi connectivity index (χ0) is 29.4. The summed E-state index contributed by atoms with van der Waals surface area (Å²) in [6, 6.07) is 0. The molecule has 0 aromatic carbocycles. The van der Waals surface area contributed by atoms with E-state index in [9.17, 15) is 19.7 Å². The maximum atomic E-state index is 13.6. The van der Waals surface area contributed by atoms with E-state index in [1.165, 1.54) is 75.1 Å². The normalized spacial score (nSPS) is 19.3. The predicted octanol–water partition coefficient (Wildman–Crippen LogP) is 6.37. The van der Waals surface area contributed by atoms with Crippen molar-refractivity contribution in [3.8, 4) is 0 Å². The summed E-state index contributed by atoms with van der Waals surface area (Å²) in [7, 11) is 1.63. The van der Waals surface area contributed by atoms with Crippen LogP contribution < -0.4 is 5.32 Å². The number of dihydropyridines is 1. The lowest BCUT2D eigenvalue weighted by atomic mass is 9.82. The first-order chi connectivity index (χ1) is 19.8. The van der Waals surface area contributed by atoms with E-state index in [4.69, 9.17) is 9.47 Å². The first kappa shape index (κ1) is 30.8. The molecule has 1 aromatic heterocycles. The molecule has 41 heavy (non-hydrogen) atoms. The van der Waals surface area contributed by atoms with Gasteiger partial charge in [0.25, 0.3) is 0 Å². The Bertz CT molecular complexity index is 1100. The Labute approximate surface area is 243 Å². The van der Waals surface area contributed by atoms with Gasteiger partial charge in [-0.15, -0.1) is 0 Å². The van der Waals surface area contributed by atoms with Gasteiger partial charge in [0.1, 0.15) is 5.69 Å². The first-order valence-corrected chi connectivity index (χ1v) is 15.5. The summed E-state index contributed by atoms with van der Waals surface area (Å²) in [6.45, 7) is 3.97. The van der Waals surface area contributed by atoms with E-state index >= 15 is 0 Å². The fourth-order valence-corrected chi connectivity index (χ4v) is 6.89. The third-order valence-corrected chi connectivity index (χ3v) is 9.04. The Morgan fingerprint density at radius 1 is 0.902 bits per heavy atom. The molecule has 2 saturated carbocycles. The maximum absolute atomic E-state index is 13.6. The van der Waals surface area contributed by atoms with Gasteiger partial charge in [0.05, 0.1) is 30.3 Å². The number of hydrogen-bond donors (Lipinski definition) is 1. The molecule has 226 valence electrons. The van der Waals surface area contributed by atoms with Crippen molar-refractivity contribution in [2.45, 2.75) is 110 Å². The highest BCUT2D eigenvalue weighted by Gasteiger charge is 2.43. The summed E-state index contributed by atoms with van der Waals surface area (Å²) in [6.07, 6.45) is 17.4. The van der Waals surface area contributed by atoms with Gasteiger partial charge in [0.2, 0.25) is 6.33 Å². The minimum Gasteiger partial charge on any atom is -0.462 e. The van der Waals surface area contributed by atoms with Gasteiger partial charge in [-0.3, -0.25) is 0 Å². The Morgan fingerprint density at radius 2 is 1.37 bits per heavy atom. The van der Waals surface area contributed by atoms with Gasteiger partial charge in [0, 0.05) is 18.4 Å². The van der Waals surface area contributed by atoms with Crippen molar-refractivity contribution in [2.24, 2.45) is 18.9 Å². The van der Waals surface area contributed by atoms with Crippen LogP contribution in [0.2, 0.25) is 0 Å². The summed E-state index contributed by atoms with van der Waals surface area (Å²) < 4.78 is 13.0. The Balaban J connectivity index is 1.51. The molecule has 0 saturated heterocycles. The maximum Gasteiger partial charge on any atom is 0.385 e. The molecule has 1 N–H and O–H groups in total. The van der Waals surface area contributed by atoms with E-state index in [0.717, 1.165) is 25.7 Å². The predicted molar refractivity (Wildman–Crippen MR) is 155 cm³/mol. The number of allylic oxidation sites excluding steroid dienone is 2. The van der Waals surface area contributed by atoms with Crippen molar-refractivity contribution >= 4 is 17.8 Å². The van der Waals surface area contributed by atoms with Gasteiger partial charge in [-0.05, 0) is 61.3 Å². The average Bonchev–Trinajstić information content (AvgIpc) is 3.35. The fourth-order valence-electron chi connectivity index (χ4n) is 6.89. The van der Waals surface area contributed by atoms with Gasteiger partial charge in [0.15, 0.2) is 0 Å². The lowest BCUT2D eigenvalue weighted by Gasteiger charge is -2.30. The number of imidazole rings is 1.